The Bertz CT molecular complexity index is 468. The van der Waals surface area contributed by atoms with Gasteiger partial charge < -0.3 is 11.1 Å². The van der Waals surface area contributed by atoms with Crippen molar-refractivity contribution in [2.75, 3.05) is 6.54 Å². The third-order valence-corrected chi connectivity index (χ3v) is 3.72. The molecule has 0 aliphatic rings. The Morgan fingerprint density at radius 1 is 1.50 bits per heavy atom. The normalized spacial score (nSPS) is 13.6. The molecule has 6 heteroatoms. The van der Waals surface area contributed by atoms with E-state index < -0.39 is 5.54 Å². The molecule has 114 valence electrons. The van der Waals surface area contributed by atoms with E-state index in [2.05, 4.69) is 35.1 Å². The van der Waals surface area contributed by atoms with E-state index in [0.29, 0.717) is 23.0 Å². The van der Waals surface area contributed by atoms with Crippen molar-refractivity contribution >= 4 is 45.8 Å². The van der Waals surface area contributed by atoms with Gasteiger partial charge in [0.2, 0.25) is 0 Å². The zero-order valence-corrected chi connectivity index (χ0v) is 15.0. The van der Waals surface area contributed by atoms with Gasteiger partial charge in [0.25, 0.3) is 5.91 Å². The molecular formula is C14H21BrCl2N2O. The average Bonchev–Trinajstić information content (AvgIpc) is 2.31. The summed E-state index contributed by atoms with van der Waals surface area (Å²) in [5.74, 6) is 0.256. The van der Waals surface area contributed by atoms with Crippen LogP contribution in [0.4, 0.5) is 0 Å². The number of halogens is 3. The molecule has 1 aromatic rings. The van der Waals surface area contributed by atoms with Crippen molar-refractivity contribution in [1.29, 1.82) is 0 Å². The number of rotatable bonds is 5. The van der Waals surface area contributed by atoms with E-state index in [1.54, 1.807) is 18.2 Å². The van der Waals surface area contributed by atoms with Crippen LogP contribution in [0.15, 0.2) is 22.7 Å². The molecule has 20 heavy (non-hydrogen) atoms. The Morgan fingerprint density at radius 3 is 2.60 bits per heavy atom. The number of amides is 1. The largest absolute Gasteiger partial charge is 0.346 e. The van der Waals surface area contributed by atoms with Gasteiger partial charge in [-0.25, -0.2) is 0 Å². The third kappa shape index (κ3) is 5.60. The Morgan fingerprint density at radius 2 is 2.10 bits per heavy atom. The molecule has 1 rings (SSSR count). The number of carbonyl (C=O) groups excluding carboxylic acids is 1. The number of hydrogen-bond donors (Lipinski definition) is 2. The summed E-state index contributed by atoms with van der Waals surface area (Å²) in [4.78, 5) is 12.3. The predicted molar refractivity (Wildman–Crippen MR) is 90.8 cm³/mol. The van der Waals surface area contributed by atoms with Crippen LogP contribution < -0.4 is 11.1 Å². The minimum absolute atomic E-state index is 0. The average molecular weight is 384 g/mol. The van der Waals surface area contributed by atoms with Crippen molar-refractivity contribution in [2.45, 2.75) is 32.7 Å². The van der Waals surface area contributed by atoms with Crippen molar-refractivity contribution in [3.63, 3.8) is 0 Å². The first-order valence-electron chi connectivity index (χ1n) is 6.25. The van der Waals surface area contributed by atoms with Crippen LogP contribution in [0.25, 0.3) is 0 Å². The highest BCUT2D eigenvalue weighted by molar-refractivity contribution is 9.10. The summed E-state index contributed by atoms with van der Waals surface area (Å²) in [6, 6.07) is 5.21. The van der Waals surface area contributed by atoms with Crippen molar-refractivity contribution in [1.82, 2.24) is 5.32 Å². The van der Waals surface area contributed by atoms with Crippen LogP contribution in [0.5, 0.6) is 0 Å². The predicted octanol–water partition coefficient (Wildman–Crippen LogP) is 4.02. The molecule has 0 radical (unpaired) electrons. The minimum atomic E-state index is -0.420. The smallest absolute Gasteiger partial charge is 0.253 e. The van der Waals surface area contributed by atoms with Crippen molar-refractivity contribution in [2.24, 2.45) is 11.7 Å². The monoisotopic (exact) mass is 382 g/mol. The van der Waals surface area contributed by atoms with Crippen LogP contribution >= 0.6 is 39.9 Å². The van der Waals surface area contributed by atoms with Crippen LogP contribution in [0.2, 0.25) is 5.02 Å². The van der Waals surface area contributed by atoms with Gasteiger partial charge in [-0.3, -0.25) is 4.79 Å². The summed E-state index contributed by atoms with van der Waals surface area (Å²) < 4.78 is 0.820. The fraction of sp³-hybridized carbons (Fsp3) is 0.500. The maximum Gasteiger partial charge on any atom is 0.253 e. The molecule has 0 fully saturated rings. The first-order chi connectivity index (χ1) is 8.77. The second kappa shape index (κ2) is 8.23. The SMILES string of the molecule is CC(C)CC(C)(CN)NC(=O)c1cc(Br)ccc1Cl.Cl. The molecule has 0 saturated carbocycles. The highest BCUT2D eigenvalue weighted by atomic mass is 79.9. The van der Waals surface area contributed by atoms with Crippen LogP contribution in [0.1, 0.15) is 37.6 Å². The Balaban J connectivity index is 0.00000361. The van der Waals surface area contributed by atoms with Crippen molar-refractivity contribution in [3.05, 3.63) is 33.3 Å². The Labute approximate surface area is 140 Å². The van der Waals surface area contributed by atoms with E-state index >= 15 is 0 Å². The van der Waals surface area contributed by atoms with Gasteiger partial charge in [0.1, 0.15) is 0 Å². The van der Waals surface area contributed by atoms with E-state index in [9.17, 15) is 4.79 Å². The van der Waals surface area contributed by atoms with E-state index in [4.69, 9.17) is 17.3 Å². The van der Waals surface area contributed by atoms with Gasteiger partial charge in [0.05, 0.1) is 10.6 Å². The molecule has 0 saturated heterocycles. The topological polar surface area (TPSA) is 55.1 Å². The van der Waals surface area contributed by atoms with Crippen LogP contribution in [0.3, 0.4) is 0 Å². The van der Waals surface area contributed by atoms with E-state index in [1.165, 1.54) is 0 Å². The first-order valence-corrected chi connectivity index (χ1v) is 7.42. The summed E-state index contributed by atoms with van der Waals surface area (Å²) in [5, 5.41) is 3.42. The van der Waals surface area contributed by atoms with Gasteiger partial charge in [-0.05, 0) is 37.5 Å². The summed E-state index contributed by atoms with van der Waals surface area (Å²) in [7, 11) is 0. The lowest BCUT2D eigenvalue weighted by Gasteiger charge is -2.31. The third-order valence-electron chi connectivity index (χ3n) is 2.90. The number of carbonyl (C=O) groups is 1. The molecule has 0 aliphatic heterocycles. The van der Waals surface area contributed by atoms with Gasteiger partial charge in [0.15, 0.2) is 0 Å². The maximum atomic E-state index is 12.3. The molecular weight excluding hydrogens is 363 g/mol. The minimum Gasteiger partial charge on any atom is -0.346 e. The lowest BCUT2D eigenvalue weighted by molar-refractivity contribution is 0.0898. The van der Waals surface area contributed by atoms with Crippen LogP contribution in [-0.2, 0) is 0 Å². The van der Waals surface area contributed by atoms with Crippen LogP contribution in [-0.4, -0.2) is 18.0 Å². The van der Waals surface area contributed by atoms with Gasteiger partial charge >= 0.3 is 0 Å². The Kier molecular flexibility index (Phi) is 8.11. The summed E-state index contributed by atoms with van der Waals surface area (Å²) in [6.07, 6.45) is 0.820. The van der Waals surface area contributed by atoms with E-state index in [1.807, 2.05) is 6.92 Å². The number of nitrogens with one attached hydrogen (secondary N) is 1. The van der Waals surface area contributed by atoms with Crippen LogP contribution in [0, 0.1) is 5.92 Å². The zero-order chi connectivity index (χ0) is 14.6. The van der Waals surface area contributed by atoms with E-state index in [0.717, 1.165) is 10.9 Å². The molecule has 0 aliphatic carbocycles. The molecule has 0 spiro atoms. The molecule has 0 aromatic heterocycles. The quantitative estimate of drug-likeness (QED) is 0.806. The summed E-state index contributed by atoms with van der Waals surface area (Å²) in [5.41, 5.74) is 5.83. The molecule has 0 heterocycles. The molecule has 3 nitrogen and oxygen atoms in total. The van der Waals surface area contributed by atoms with Gasteiger partial charge in [-0.1, -0.05) is 41.4 Å². The second-order valence-corrected chi connectivity index (χ2v) is 6.76. The Hall–Kier alpha value is -0.290. The highest BCUT2D eigenvalue weighted by Gasteiger charge is 2.27. The molecule has 1 amide bonds. The molecule has 3 N–H and O–H groups in total. The molecule has 1 aromatic carbocycles. The fourth-order valence-corrected chi connectivity index (χ4v) is 2.66. The van der Waals surface area contributed by atoms with Crippen molar-refractivity contribution < 1.29 is 4.79 Å². The summed E-state index contributed by atoms with van der Waals surface area (Å²) in [6.45, 7) is 6.55. The number of hydrogen-bond acceptors (Lipinski definition) is 2. The lowest BCUT2D eigenvalue weighted by atomic mass is 9.90. The second-order valence-electron chi connectivity index (χ2n) is 5.44. The molecule has 1 atom stereocenters. The van der Waals surface area contributed by atoms with Gasteiger partial charge in [0, 0.05) is 16.6 Å². The molecule has 1 unspecified atom stereocenters. The first kappa shape index (κ1) is 19.7. The lowest BCUT2D eigenvalue weighted by Crippen LogP contribution is -2.52. The molecule has 0 bridgehead atoms. The number of nitrogens with two attached hydrogens (primary N) is 1. The van der Waals surface area contributed by atoms with Gasteiger partial charge in [-0.2, -0.15) is 0 Å². The van der Waals surface area contributed by atoms with Crippen molar-refractivity contribution in [3.8, 4) is 0 Å². The van der Waals surface area contributed by atoms with E-state index in [-0.39, 0.29) is 18.3 Å². The number of benzene rings is 1. The standard InChI is InChI=1S/C14H20BrClN2O.ClH/c1-9(2)7-14(3,8-17)18-13(19)11-6-10(15)4-5-12(11)16;/h4-6,9H,7-8,17H2,1-3H3,(H,18,19);1H. The summed E-state index contributed by atoms with van der Waals surface area (Å²) >= 11 is 9.39. The zero-order valence-electron chi connectivity index (χ0n) is 11.9. The maximum absolute atomic E-state index is 12.3. The van der Waals surface area contributed by atoms with Gasteiger partial charge in [-0.15, -0.1) is 12.4 Å². The highest BCUT2D eigenvalue weighted by Crippen LogP contribution is 2.22. The fourth-order valence-electron chi connectivity index (χ4n) is 2.10.